The Balaban J connectivity index is 3.10. The van der Waals surface area contributed by atoms with Crippen LogP contribution >= 0.6 is 0 Å². The highest BCUT2D eigenvalue weighted by molar-refractivity contribution is 5.50. The summed E-state index contributed by atoms with van der Waals surface area (Å²) < 4.78 is 18.4. The Kier molecular flexibility index (Phi) is 12.9. The van der Waals surface area contributed by atoms with E-state index in [1.54, 1.807) is 0 Å². The molecule has 0 aromatic heterocycles. The number of hydrogen-bond acceptors (Lipinski definition) is 3. The lowest BCUT2D eigenvalue weighted by atomic mass is 9.89. The molecule has 0 heterocycles. The molecule has 3 heteroatoms. The second kappa shape index (κ2) is 14.2. The smallest absolute Gasteiger partial charge is 0.0722 e. The van der Waals surface area contributed by atoms with E-state index < -0.39 is 0 Å². The lowest BCUT2D eigenvalue weighted by Gasteiger charge is -2.24. The second-order valence-electron chi connectivity index (χ2n) is 9.40. The molecule has 30 heavy (non-hydrogen) atoms. The quantitative estimate of drug-likeness (QED) is 0.298. The zero-order chi connectivity index (χ0) is 22.7. The monoisotopic (exact) mass is 420 g/mol. The highest BCUT2D eigenvalue weighted by Crippen LogP contribution is 2.30. The van der Waals surface area contributed by atoms with E-state index in [-0.39, 0.29) is 0 Å². The molecule has 0 aliphatic heterocycles. The molecule has 0 bridgehead atoms. The summed E-state index contributed by atoms with van der Waals surface area (Å²) in [7, 11) is 0. The van der Waals surface area contributed by atoms with Gasteiger partial charge < -0.3 is 14.2 Å². The van der Waals surface area contributed by atoms with Crippen LogP contribution in [0.2, 0.25) is 0 Å². The van der Waals surface area contributed by atoms with Gasteiger partial charge in [-0.2, -0.15) is 0 Å². The van der Waals surface area contributed by atoms with Crippen LogP contribution in [0.3, 0.4) is 0 Å². The van der Waals surface area contributed by atoms with Crippen molar-refractivity contribution in [3.05, 3.63) is 33.4 Å². The van der Waals surface area contributed by atoms with Gasteiger partial charge in [0, 0.05) is 19.8 Å². The first kappa shape index (κ1) is 27.1. The Hall–Kier alpha value is -0.900. The molecule has 0 unspecified atom stereocenters. The summed E-state index contributed by atoms with van der Waals surface area (Å²) in [6, 6.07) is 0. The van der Waals surface area contributed by atoms with Crippen molar-refractivity contribution in [3.63, 3.8) is 0 Å². The van der Waals surface area contributed by atoms with Crippen molar-refractivity contribution in [2.45, 2.75) is 101 Å². The zero-order valence-electron chi connectivity index (χ0n) is 21.3. The van der Waals surface area contributed by atoms with Gasteiger partial charge in [-0.1, -0.05) is 60.8 Å². The van der Waals surface area contributed by atoms with Crippen LogP contribution in [0.25, 0.3) is 0 Å². The van der Waals surface area contributed by atoms with Crippen molar-refractivity contribution in [1.82, 2.24) is 0 Å². The lowest BCUT2D eigenvalue weighted by molar-refractivity contribution is 0.0828. The van der Waals surface area contributed by atoms with Crippen LogP contribution in [-0.4, -0.2) is 19.8 Å². The predicted molar refractivity (Wildman–Crippen MR) is 128 cm³/mol. The number of benzene rings is 1. The second-order valence-corrected chi connectivity index (χ2v) is 9.40. The van der Waals surface area contributed by atoms with Gasteiger partial charge in [0.2, 0.25) is 0 Å². The Morgan fingerprint density at radius 3 is 0.933 bits per heavy atom. The normalized spacial score (nSPS) is 14.7. The summed E-state index contributed by atoms with van der Waals surface area (Å²) in [5.74, 6) is 1.77. The Labute approximate surface area is 186 Å². The first-order valence-electron chi connectivity index (χ1n) is 12.1. The SMILES string of the molecule is CC[C@H](C)COCc1c(C)c(COC[C@@H](C)CC)c(C)c(COC[C@@H](C)CC)c1C. The maximum atomic E-state index is 6.12. The highest BCUT2D eigenvalue weighted by atomic mass is 16.5. The molecule has 1 rings (SSSR count). The van der Waals surface area contributed by atoms with Gasteiger partial charge in [0.15, 0.2) is 0 Å². The average Bonchev–Trinajstić information content (AvgIpc) is 2.74. The fourth-order valence-corrected chi connectivity index (χ4v) is 3.48. The fourth-order valence-electron chi connectivity index (χ4n) is 3.48. The van der Waals surface area contributed by atoms with E-state index in [2.05, 4.69) is 62.3 Å². The summed E-state index contributed by atoms with van der Waals surface area (Å²) in [4.78, 5) is 0. The van der Waals surface area contributed by atoms with E-state index in [4.69, 9.17) is 14.2 Å². The maximum absolute atomic E-state index is 6.12. The van der Waals surface area contributed by atoms with Crippen molar-refractivity contribution in [2.24, 2.45) is 17.8 Å². The third-order valence-electron chi connectivity index (χ3n) is 6.75. The number of rotatable bonds is 15. The summed E-state index contributed by atoms with van der Waals surface area (Å²) >= 11 is 0. The summed E-state index contributed by atoms with van der Waals surface area (Å²) in [6.45, 7) is 24.5. The average molecular weight is 421 g/mol. The largest absolute Gasteiger partial charge is 0.376 e. The van der Waals surface area contributed by atoms with Crippen molar-refractivity contribution in [1.29, 1.82) is 0 Å². The molecule has 0 radical (unpaired) electrons. The molecule has 0 N–H and O–H groups in total. The minimum absolute atomic E-state index is 0.590. The molecule has 1 aromatic rings. The van der Waals surface area contributed by atoms with Crippen LogP contribution in [0.4, 0.5) is 0 Å². The van der Waals surface area contributed by atoms with E-state index >= 15 is 0 Å². The molecule has 0 saturated carbocycles. The van der Waals surface area contributed by atoms with E-state index in [0.29, 0.717) is 37.6 Å². The molecule has 0 aliphatic carbocycles. The predicted octanol–water partition coefficient (Wildman–Crippen LogP) is 7.30. The van der Waals surface area contributed by atoms with Gasteiger partial charge in [0.1, 0.15) is 0 Å². The first-order valence-corrected chi connectivity index (χ1v) is 12.1. The maximum Gasteiger partial charge on any atom is 0.0722 e. The van der Waals surface area contributed by atoms with Crippen LogP contribution < -0.4 is 0 Å². The van der Waals surface area contributed by atoms with E-state index in [1.807, 2.05) is 0 Å². The third-order valence-corrected chi connectivity index (χ3v) is 6.75. The number of hydrogen-bond donors (Lipinski definition) is 0. The summed E-state index contributed by atoms with van der Waals surface area (Å²) in [5, 5.41) is 0. The molecule has 0 fully saturated rings. The molecule has 0 aliphatic rings. The van der Waals surface area contributed by atoms with Gasteiger partial charge in [0.05, 0.1) is 19.8 Å². The van der Waals surface area contributed by atoms with E-state index in [0.717, 1.165) is 39.1 Å². The van der Waals surface area contributed by atoms with Gasteiger partial charge in [-0.25, -0.2) is 0 Å². The zero-order valence-corrected chi connectivity index (χ0v) is 21.3. The molecule has 0 saturated heterocycles. The van der Waals surface area contributed by atoms with Gasteiger partial charge in [0.25, 0.3) is 0 Å². The minimum atomic E-state index is 0.590. The Morgan fingerprint density at radius 2 is 0.733 bits per heavy atom. The fraction of sp³-hybridized carbons (Fsp3) is 0.778. The van der Waals surface area contributed by atoms with Crippen LogP contribution in [-0.2, 0) is 34.0 Å². The van der Waals surface area contributed by atoms with E-state index in [9.17, 15) is 0 Å². The topological polar surface area (TPSA) is 27.7 Å². The number of ether oxygens (including phenoxy) is 3. The van der Waals surface area contributed by atoms with Crippen LogP contribution in [0.5, 0.6) is 0 Å². The molecular formula is C27H48O3. The molecule has 3 atom stereocenters. The van der Waals surface area contributed by atoms with Gasteiger partial charge in [-0.05, 0) is 71.9 Å². The highest BCUT2D eigenvalue weighted by Gasteiger charge is 2.18. The van der Waals surface area contributed by atoms with Crippen molar-refractivity contribution in [3.8, 4) is 0 Å². The summed E-state index contributed by atoms with van der Waals surface area (Å²) in [5.41, 5.74) is 7.91. The van der Waals surface area contributed by atoms with E-state index in [1.165, 1.54) is 33.4 Å². The van der Waals surface area contributed by atoms with Crippen molar-refractivity contribution >= 4 is 0 Å². The molecular weight excluding hydrogens is 372 g/mol. The molecule has 1 aromatic carbocycles. The minimum Gasteiger partial charge on any atom is -0.376 e. The molecule has 0 spiro atoms. The third kappa shape index (κ3) is 8.32. The molecule has 3 nitrogen and oxygen atoms in total. The first-order chi connectivity index (χ1) is 14.3. The van der Waals surface area contributed by atoms with Gasteiger partial charge >= 0.3 is 0 Å². The Morgan fingerprint density at radius 1 is 0.500 bits per heavy atom. The van der Waals surface area contributed by atoms with Crippen LogP contribution in [0.15, 0.2) is 0 Å². The van der Waals surface area contributed by atoms with Gasteiger partial charge in [-0.15, -0.1) is 0 Å². The summed E-state index contributed by atoms with van der Waals surface area (Å²) in [6.07, 6.45) is 3.44. The lowest BCUT2D eigenvalue weighted by Crippen LogP contribution is -2.14. The molecule has 0 amide bonds. The Bertz CT molecular complexity index is 516. The van der Waals surface area contributed by atoms with Crippen LogP contribution in [0.1, 0.15) is 94.2 Å². The van der Waals surface area contributed by atoms with Gasteiger partial charge in [-0.3, -0.25) is 0 Å². The standard InChI is InChI=1S/C27H48O3/c1-10-19(4)13-28-16-25-22(7)26(17-29-14-20(5)11-2)24(9)27(23(25)8)18-30-15-21(6)12-3/h19-21H,10-18H2,1-9H3/t19-,20-,21-/m0/s1. The molecule has 174 valence electrons. The van der Waals surface area contributed by atoms with Crippen molar-refractivity contribution < 1.29 is 14.2 Å². The van der Waals surface area contributed by atoms with Crippen molar-refractivity contribution in [2.75, 3.05) is 19.8 Å². The van der Waals surface area contributed by atoms with Crippen LogP contribution in [0, 0.1) is 38.5 Å².